The van der Waals surface area contributed by atoms with Gasteiger partial charge in [0.2, 0.25) is 0 Å². The van der Waals surface area contributed by atoms with Crippen LogP contribution in [0.25, 0.3) is 0 Å². The summed E-state index contributed by atoms with van der Waals surface area (Å²) in [4.78, 5) is 4.65. The zero-order valence-electron chi connectivity index (χ0n) is 14.9. The highest BCUT2D eigenvalue weighted by molar-refractivity contribution is 5.79. The van der Waals surface area contributed by atoms with Gasteiger partial charge < -0.3 is 19.8 Å². The first-order valence-corrected chi connectivity index (χ1v) is 8.29. The van der Waals surface area contributed by atoms with Crippen LogP contribution in [0.5, 0.6) is 5.75 Å². The molecule has 0 aliphatic carbocycles. The van der Waals surface area contributed by atoms with Crippen LogP contribution in [0.4, 0.5) is 0 Å². The summed E-state index contributed by atoms with van der Waals surface area (Å²) in [5.74, 6) is 2.49. The summed E-state index contributed by atoms with van der Waals surface area (Å²) in [6, 6.07) is 11.8. The molecule has 0 unspecified atom stereocenters. The number of ether oxygens (including phenoxy) is 1. The maximum absolute atomic E-state index is 6.02. The van der Waals surface area contributed by atoms with Gasteiger partial charge in [0.1, 0.15) is 17.1 Å². The first kappa shape index (κ1) is 17.9. The summed E-state index contributed by atoms with van der Waals surface area (Å²) < 4.78 is 11.4. The molecule has 0 saturated heterocycles. The smallest absolute Gasteiger partial charge is 0.191 e. The molecule has 1 heterocycles. The molecule has 0 bridgehead atoms. The first-order valence-electron chi connectivity index (χ1n) is 8.29. The monoisotopic (exact) mass is 329 g/mol. The fourth-order valence-electron chi connectivity index (χ4n) is 2.15. The molecule has 0 aliphatic rings. The Morgan fingerprint density at radius 1 is 1.12 bits per heavy atom. The molecule has 2 N–H and O–H groups in total. The summed E-state index contributed by atoms with van der Waals surface area (Å²) in [6.07, 6.45) is 1.67. The van der Waals surface area contributed by atoms with Gasteiger partial charge in [-0.05, 0) is 45.9 Å². The van der Waals surface area contributed by atoms with Crippen molar-refractivity contribution in [2.24, 2.45) is 4.99 Å². The predicted molar refractivity (Wildman–Crippen MR) is 97.2 cm³/mol. The molecule has 2 aromatic rings. The van der Waals surface area contributed by atoms with E-state index in [1.54, 1.807) is 6.26 Å². The maximum Gasteiger partial charge on any atom is 0.191 e. The van der Waals surface area contributed by atoms with Gasteiger partial charge in [0.05, 0.1) is 19.4 Å². The van der Waals surface area contributed by atoms with Gasteiger partial charge in [-0.2, -0.15) is 0 Å². The Labute approximate surface area is 144 Å². The molecular formula is C19H27N3O2. The highest BCUT2D eigenvalue weighted by atomic mass is 16.5. The molecule has 0 atom stereocenters. The quantitative estimate of drug-likeness (QED) is 0.626. The second-order valence-corrected chi connectivity index (χ2v) is 6.45. The molecule has 2 rings (SSSR count). The first-order chi connectivity index (χ1) is 11.5. The minimum absolute atomic E-state index is 0.234. The fraction of sp³-hybridized carbons (Fsp3) is 0.421. The van der Waals surface area contributed by atoms with E-state index in [9.17, 15) is 0 Å². The molecule has 1 aromatic heterocycles. The highest BCUT2D eigenvalue weighted by Crippen LogP contribution is 2.23. The molecule has 0 aliphatic heterocycles. The van der Waals surface area contributed by atoms with Crippen LogP contribution in [0.3, 0.4) is 0 Å². The van der Waals surface area contributed by atoms with Gasteiger partial charge in [0.15, 0.2) is 5.96 Å². The number of guanidine groups is 1. The Hall–Kier alpha value is -2.43. The molecular weight excluding hydrogens is 302 g/mol. The van der Waals surface area contributed by atoms with Crippen molar-refractivity contribution in [2.45, 2.75) is 46.4 Å². The third-order valence-corrected chi connectivity index (χ3v) is 3.15. The van der Waals surface area contributed by atoms with Gasteiger partial charge in [-0.3, -0.25) is 0 Å². The van der Waals surface area contributed by atoms with E-state index < -0.39 is 0 Å². The summed E-state index contributed by atoms with van der Waals surface area (Å²) in [5, 5.41) is 6.50. The highest BCUT2D eigenvalue weighted by Gasteiger charge is 2.14. The number of hydrogen-bond donors (Lipinski definition) is 2. The number of aliphatic imine (C=N–C) groups is 1. The Kier molecular flexibility index (Phi) is 6.29. The number of rotatable bonds is 6. The molecule has 5 heteroatoms. The van der Waals surface area contributed by atoms with E-state index in [0.29, 0.717) is 13.1 Å². The number of benzene rings is 1. The van der Waals surface area contributed by atoms with Crippen molar-refractivity contribution in [3.8, 4) is 5.75 Å². The van der Waals surface area contributed by atoms with Crippen molar-refractivity contribution in [1.82, 2.24) is 10.6 Å². The van der Waals surface area contributed by atoms with Crippen molar-refractivity contribution in [1.29, 1.82) is 0 Å². The lowest BCUT2D eigenvalue weighted by molar-refractivity contribution is 0.129. The van der Waals surface area contributed by atoms with Crippen molar-refractivity contribution in [3.05, 3.63) is 54.0 Å². The van der Waals surface area contributed by atoms with Gasteiger partial charge in [-0.1, -0.05) is 18.2 Å². The van der Waals surface area contributed by atoms with Crippen LogP contribution in [0.15, 0.2) is 52.1 Å². The second kappa shape index (κ2) is 8.43. The molecule has 0 amide bonds. The molecule has 24 heavy (non-hydrogen) atoms. The summed E-state index contributed by atoms with van der Waals surface area (Å²) in [7, 11) is 0. The van der Waals surface area contributed by atoms with Gasteiger partial charge >= 0.3 is 0 Å². The Balaban J connectivity index is 2.05. The summed E-state index contributed by atoms with van der Waals surface area (Å²) >= 11 is 0. The van der Waals surface area contributed by atoms with Gasteiger partial charge in [0, 0.05) is 12.1 Å². The molecule has 0 saturated carbocycles. The van der Waals surface area contributed by atoms with Crippen molar-refractivity contribution >= 4 is 5.96 Å². The van der Waals surface area contributed by atoms with E-state index in [1.807, 2.05) is 64.1 Å². The number of furan rings is 1. The average molecular weight is 329 g/mol. The topological polar surface area (TPSA) is 58.8 Å². The van der Waals surface area contributed by atoms with E-state index >= 15 is 0 Å². The zero-order valence-corrected chi connectivity index (χ0v) is 14.9. The Morgan fingerprint density at radius 3 is 2.58 bits per heavy atom. The number of hydrogen-bond acceptors (Lipinski definition) is 3. The van der Waals surface area contributed by atoms with E-state index in [4.69, 9.17) is 9.15 Å². The minimum Gasteiger partial charge on any atom is -0.488 e. The van der Waals surface area contributed by atoms with E-state index in [-0.39, 0.29) is 5.60 Å². The van der Waals surface area contributed by atoms with Crippen LogP contribution in [0.1, 0.15) is 39.0 Å². The van der Waals surface area contributed by atoms with Gasteiger partial charge in [-0.25, -0.2) is 4.99 Å². The van der Waals surface area contributed by atoms with Gasteiger partial charge in [-0.15, -0.1) is 0 Å². The third-order valence-electron chi connectivity index (χ3n) is 3.15. The lowest BCUT2D eigenvalue weighted by Gasteiger charge is -2.23. The molecule has 0 radical (unpaired) electrons. The van der Waals surface area contributed by atoms with E-state index in [1.165, 1.54) is 0 Å². The Bertz CT molecular complexity index is 643. The largest absolute Gasteiger partial charge is 0.488 e. The standard InChI is InChI=1S/C19H27N3O2/c1-5-20-18(22-14-16-10-8-12-23-16)21-13-15-9-6-7-11-17(15)24-19(2,3)4/h6-12H,5,13-14H2,1-4H3,(H2,20,21,22). The van der Waals surface area contributed by atoms with E-state index in [2.05, 4.69) is 15.6 Å². The van der Waals surface area contributed by atoms with Crippen LogP contribution in [0.2, 0.25) is 0 Å². The number of nitrogens with one attached hydrogen (secondary N) is 2. The molecule has 0 fully saturated rings. The maximum atomic E-state index is 6.02. The second-order valence-electron chi connectivity index (χ2n) is 6.45. The fourth-order valence-corrected chi connectivity index (χ4v) is 2.15. The van der Waals surface area contributed by atoms with Crippen LogP contribution < -0.4 is 15.4 Å². The molecule has 0 spiro atoms. The van der Waals surface area contributed by atoms with Gasteiger partial charge in [0.25, 0.3) is 0 Å². The van der Waals surface area contributed by atoms with Crippen LogP contribution in [-0.2, 0) is 13.1 Å². The van der Waals surface area contributed by atoms with Crippen LogP contribution in [0, 0.1) is 0 Å². The lowest BCUT2D eigenvalue weighted by atomic mass is 10.1. The summed E-state index contributed by atoms with van der Waals surface area (Å²) in [6.45, 7) is 10.1. The number of para-hydroxylation sites is 1. The normalized spacial score (nSPS) is 12.1. The minimum atomic E-state index is -0.234. The van der Waals surface area contributed by atoms with Crippen LogP contribution in [-0.4, -0.2) is 18.1 Å². The van der Waals surface area contributed by atoms with E-state index in [0.717, 1.165) is 29.6 Å². The predicted octanol–water partition coefficient (Wildman–Crippen LogP) is 3.71. The van der Waals surface area contributed by atoms with Crippen molar-refractivity contribution in [2.75, 3.05) is 6.54 Å². The number of nitrogens with zero attached hydrogens (tertiary/aromatic N) is 1. The average Bonchev–Trinajstić information content (AvgIpc) is 3.03. The SMILES string of the molecule is CCNC(=NCc1ccccc1OC(C)(C)C)NCc1ccco1. The van der Waals surface area contributed by atoms with Crippen molar-refractivity contribution in [3.63, 3.8) is 0 Å². The Morgan fingerprint density at radius 2 is 1.92 bits per heavy atom. The third kappa shape index (κ3) is 5.99. The lowest BCUT2D eigenvalue weighted by Crippen LogP contribution is -2.36. The zero-order chi connectivity index (χ0) is 17.4. The molecule has 130 valence electrons. The van der Waals surface area contributed by atoms with Crippen LogP contribution >= 0.6 is 0 Å². The molecule has 5 nitrogen and oxygen atoms in total. The van der Waals surface area contributed by atoms with Crippen molar-refractivity contribution < 1.29 is 9.15 Å². The summed E-state index contributed by atoms with van der Waals surface area (Å²) in [5.41, 5.74) is 0.824. The molecule has 1 aromatic carbocycles.